The van der Waals surface area contributed by atoms with E-state index < -0.39 is 10.0 Å². The Hall–Kier alpha value is -1.64. The van der Waals surface area contributed by atoms with Gasteiger partial charge in [-0.1, -0.05) is 26.0 Å². The molecule has 0 saturated carbocycles. The molecule has 2 amide bonds. The minimum atomic E-state index is -3.46. The van der Waals surface area contributed by atoms with Crippen LogP contribution in [0.25, 0.3) is 0 Å². The number of sulfonamides is 1. The molecule has 2 N–H and O–H groups in total. The maximum absolute atomic E-state index is 12.5. The molecule has 1 aromatic carbocycles. The summed E-state index contributed by atoms with van der Waals surface area (Å²) in [6.45, 7) is 13.5. The number of piperidine rings is 1. The minimum Gasteiger partial charge on any atom is -0.336 e. The molecule has 0 unspecified atom stereocenters. The van der Waals surface area contributed by atoms with Crippen molar-refractivity contribution in [2.24, 2.45) is 11.8 Å². The lowest BCUT2D eigenvalue weighted by atomic mass is 9.88. The van der Waals surface area contributed by atoms with Crippen molar-refractivity contribution in [3.05, 3.63) is 29.8 Å². The molecular formula is C22H38N4O3S. The molecule has 8 heteroatoms. The zero-order valence-electron chi connectivity index (χ0n) is 19.4. The summed E-state index contributed by atoms with van der Waals surface area (Å²) in [5, 5.41) is 5.95. The lowest BCUT2D eigenvalue weighted by Crippen LogP contribution is -2.57. The SMILES string of the molecule is C[C@@H]1C[C@H](C)CN(C(C)(C)CNC(=O)N[C@H](C)c2ccc(S(=O)(=O)N(C)C)cc2)C1. The van der Waals surface area contributed by atoms with Gasteiger partial charge in [0.2, 0.25) is 10.0 Å². The van der Waals surface area contributed by atoms with Gasteiger partial charge in [-0.15, -0.1) is 0 Å². The zero-order valence-corrected chi connectivity index (χ0v) is 20.2. The molecule has 1 fully saturated rings. The monoisotopic (exact) mass is 438 g/mol. The summed E-state index contributed by atoms with van der Waals surface area (Å²) < 4.78 is 25.5. The van der Waals surface area contributed by atoms with Crippen LogP contribution in [0.15, 0.2) is 29.2 Å². The summed E-state index contributed by atoms with van der Waals surface area (Å²) in [6, 6.07) is 6.16. The van der Waals surface area contributed by atoms with E-state index in [0.717, 1.165) is 18.7 Å². The van der Waals surface area contributed by atoms with E-state index in [4.69, 9.17) is 0 Å². The molecule has 3 atom stereocenters. The maximum atomic E-state index is 12.5. The predicted octanol–water partition coefficient (Wildman–Crippen LogP) is 3.05. The van der Waals surface area contributed by atoms with Crippen molar-refractivity contribution in [1.82, 2.24) is 19.8 Å². The van der Waals surface area contributed by atoms with E-state index in [0.29, 0.717) is 18.4 Å². The molecule has 1 aromatic rings. The smallest absolute Gasteiger partial charge is 0.315 e. The van der Waals surface area contributed by atoms with E-state index in [1.54, 1.807) is 24.3 Å². The van der Waals surface area contributed by atoms with Gasteiger partial charge in [0, 0.05) is 39.3 Å². The van der Waals surface area contributed by atoms with Crippen LogP contribution in [0.3, 0.4) is 0 Å². The lowest BCUT2D eigenvalue weighted by Gasteiger charge is -2.45. The molecule has 170 valence electrons. The minimum absolute atomic E-state index is 0.119. The van der Waals surface area contributed by atoms with Crippen molar-refractivity contribution in [3.63, 3.8) is 0 Å². The van der Waals surface area contributed by atoms with Crippen LogP contribution in [0.2, 0.25) is 0 Å². The van der Waals surface area contributed by atoms with Gasteiger partial charge >= 0.3 is 6.03 Å². The Morgan fingerprint density at radius 2 is 1.70 bits per heavy atom. The molecule has 1 aliphatic rings. The number of likely N-dealkylation sites (tertiary alicyclic amines) is 1. The maximum Gasteiger partial charge on any atom is 0.315 e. The molecule has 0 spiro atoms. The molecule has 0 aliphatic carbocycles. The Balaban J connectivity index is 1.91. The normalized spacial score (nSPS) is 22.0. The van der Waals surface area contributed by atoms with Gasteiger partial charge in [0.1, 0.15) is 0 Å². The first kappa shape index (κ1) is 24.6. The van der Waals surface area contributed by atoms with Crippen LogP contribution < -0.4 is 10.6 Å². The van der Waals surface area contributed by atoms with Crippen molar-refractivity contribution < 1.29 is 13.2 Å². The van der Waals surface area contributed by atoms with Gasteiger partial charge in [0.05, 0.1) is 10.9 Å². The first-order chi connectivity index (χ1) is 13.8. The highest BCUT2D eigenvalue weighted by atomic mass is 32.2. The summed E-state index contributed by atoms with van der Waals surface area (Å²) in [6.07, 6.45) is 1.26. The third kappa shape index (κ3) is 6.18. The average Bonchev–Trinajstić information content (AvgIpc) is 2.65. The number of hydrogen-bond donors (Lipinski definition) is 2. The largest absolute Gasteiger partial charge is 0.336 e. The number of carbonyl (C=O) groups excluding carboxylic acids is 1. The Morgan fingerprint density at radius 3 is 2.20 bits per heavy atom. The van der Waals surface area contributed by atoms with Gasteiger partial charge in [-0.2, -0.15) is 0 Å². The fourth-order valence-electron chi connectivity index (χ4n) is 4.04. The van der Waals surface area contributed by atoms with Crippen LogP contribution in [0.1, 0.15) is 52.6 Å². The lowest BCUT2D eigenvalue weighted by molar-refractivity contribution is 0.0472. The van der Waals surface area contributed by atoms with E-state index in [1.807, 2.05) is 6.92 Å². The number of amides is 2. The van der Waals surface area contributed by atoms with Gasteiger partial charge < -0.3 is 10.6 Å². The summed E-state index contributed by atoms with van der Waals surface area (Å²) in [7, 11) is -0.448. The number of nitrogens with one attached hydrogen (secondary N) is 2. The predicted molar refractivity (Wildman–Crippen MR) is 121 cm³/mol. The van der Waals surface area contributed by atoms with Gasteiger partial charge in [0.15, 0.2) is 0 Å². The first-order valence-electron chi connectivity index (χ1n) is 10.6. The number of rotatable bonds is 7. The molecule has 0 radical (unpaired) electrons. The van der Waals surface area contributed by atoms with E-state index in [1.165, 1.54) is 24.8 Å². The fourth-order valence-corrected chi connectivity index (χ4v) is 4.94. The van der Waals surface area contributed by atoms with Crippen LogP contribution >= 0.6 is 0 Å². The summed E-state index contributed by atoms with van der Waals surface area (Å²) >= 11 is 0. The van der Waals surface area contributed by atoms with Crippen molar-refractivity contribution in [2.45, 2.75) is 57.5 Å². The van der Waals surface area contributed by atoms with Gasteiger partial charge in [-0.3, -0.25) is 4.90 Å². The Morgan fingerprint density at radius 1 is 1.17 bits per heavy atom. The molecule has 7 nitrogen and oxygen atoms in total. The number of urea groups is 1. The second kappa shape index (κ2) is 9.66. The molecule has 1 aliphatic heterocycles. The topological polar surface area (TPSA) is 81.8 Å². The third-order valence-corrected chi connectivity index (χ3v) is 7.74. The van der Waals surface area contributed by atoms with E-state index in [-0.39, 0.29) is 22.5 Å². The van der Waals surface area contributed by atoms with E-state index in [9.17, 15) is 13.2 Å². The van der Waals surface area contributed by atoms with Gasteiger partial charge in [0.25, 0.3) is 0 Å². The van der Waals surface area contributed by atoms with Crippen molar-refractivity contribution >= 4 is 16.1 Å². The van der Waals surface area contributed by atoms with Gasteiger partial charge in [-0.25, -0.2) is 17.5 Å². The quantitative estimate of drug-likeness (QED) is 0.686. The van der Waals surface area contributed by atoms with E-state index >= 15 is 0 Å². The highest BCUT2D eigenvalue weighted by Crippen LogP contribution is 2.27. The van der Waals surface area contributed by atoms with Crippen molar-refractivity contribution in [1.29, 1.82) is 0 Å². The first-order valence-corrected chi connectivity index (χ1v) is 12.1. The summed E-state index contributed by atoms with van der Waals surface area (Å²) in [4.78, 5) is 15.2. The van der Waals surface area contributed by atoms with Crippen LogP contribution in [-0.4, -0.2) is 62.9 Å². The summed E-state index contributed by atoms with van der Waals surface area (Å²) in [5.41, 5.74) is 0.729. The van der Waals surface area contributed by atoms with E-state index in [2.05, 4.69) is 43.2 Å². The molecule has 1 saturated heterocycles. The molecule has 30 heavy (non-hydrogen) atoms. The molecule has 2 rings (SSSR count). The standard InChI is InChI=1S/C22H38N4O3S/c1-16-12-17(2)14-26(13-16)22(4,5)15-23-21(27)24-18(3)19-8-10-20(11-9-19)30(28,29)25(6)7/h8-11,16-18H,12-15H2,1-7H3,(H2,23,24,27)/t16-,17+,18-/m1/s1. The zero-order chi connectivity index (χ0) is 22.7. The Bertz CT molecular complexity index is 811. The number of nitrogens with zero attached hydrogens (tertiary/aromatic N) is 2. The Kier molecular flexibility index (Phi) is 7.93. The highest BCUT2D eigenvalue weighted by molar-refractivity contribution is 7.89. The second-order valence-electron chi connectivity index (χ2n) is 9.57. The average molecular weight is 439 g/mol. The second-order valence-corrected chi connectivity index (χ2v) is 11.7. The van der Waals surface area contributed by atoms with Crippen molar-refractivity contribution in [3.8, 4) is 0 Å². The van der Waals surface area contributed by atoms with Crippen LogP contribution in [0.5, 0.6) is 0 Å². The molecule has 0 bridgehead atoms. The van der Waals surface area contributed by atoms with Crippen LogP contribution in [-0.2, 0) is 10.0 Å². The molecular weight excluding hydrogens is 400 g/mol. The number of carbonyl (C=O) groups is 1. The van der Waals surface area contributed by atoms with Crippen LogP contribution in [0.4, 0.5) is 4.79 Å². The third-order valence-electron chi connectivity index (χ3n) is 5.91. The molecule has 1 heterocycles. The van der Waals surface area contributed by atoms with Crippen molar-refractivity contribution in [2.75, 3.05) is 33.7 Å². The summed E-state index contributed by atoms with van der Waals surface area (Å²) in [5.74, 6) is 1.34. The van der Waals surface area contributed by atoms with Crippen LogP contribution in [0, 0.1) is 11.8 Å². The number of hydrogen-bond acceptors (Lipinski definition) is 4. The highest BCUT2D eigenvalue weighted by Gasteiger charge is 2.33. The molecule has 0 aromatic heterocycles. The fraction of sp³-hybridized carbons (Fsp3) is 0.682. The van der Waals surface area contributed by atoms with Gasteiger partial charge in [-0.05, 0) is 56.7 Å². The number of benzene rings is 1. The Labute approximate surface area is 182 Å².